The van der Waals surface area contributed by atoms with E-state index in [0.717, 1.165) is 18.8 Å². The quantitative estimate of drug-likeness (QED) is 0.717. The lowest BCUT2D eigenvalue weighted by Gasteiger charge is -2.36. The van der Waals surface area contributed by atoms with Crippen LogP contribution in [0.4, 0.5) is 0 Å². The van der Waals surface area contributed by atoms with Crippen LogP contribution >= 0.6 is 0 Å². The number of nitrogens with zero attached hydrogens (tertiary/aromatic N) is 2. The highest BCUT2D eigenvalue weighted by molar-refractivity contribution is 4.96. The maximum absolute atomic E-state index is 9.38. The van der Waals surface area contributed by atoms with Crippen molar-refractivity contribution >= 4 is 0 Å². The van der Waals surface area contributed by atoms with Crippen LogP contribution in [-0.2, 0) is 11.3 Å². The molecule has 0 spiro atoms. The summed E-state index contributed by atoms with van der Waals surface area (Å²) in [7, 11) is 1.68. The van der Waals surface area contributed by atoms with Gasteiger partial charge in [0.1, 0.15) is 0 Å². The summed E-state index contributed by atoms with van der Waals surface area (Å²) in [5, 5.41) is 9.38. The molecule has 1 heterocycles. The van der Waals surface area contributed by atoms with Crippen LogP contribution in [-0.4, -0.2) is 52.4 Å². The number of rotatable bonds is 7. The lowest BCUT2D eigenvalue weighted by Crippen LogP contribution is -2.47. The summed E-state index contributed by atoms with van der Waals surface area (Å²) in [5.74, 6) is 0. The van der Waals surface area contributed by atoms with E-state index >= 15 is 0 Å². The van der Waals surface area contributed by atoms with Crippen LogP contribution in [0, 0.1) is 0 Å². The Morgan fingerprint density at radius 1 is 1.56 bits per heavy atom. The molecule has 0 amide bonds. The third-order valence-corrected chi connectivity index (χ3v) is 2.72. The fourth-order valence-corrected chi connectivity index (χ4v) is 1.47. The molecular weight excluding hydrogens is 206 g/mol. The molecule has 5 nitrogen and oxygen atoms in total. The second-order valence-electron chi connectivity index (χ2n) is 4.46. The number of aromatic amines is 1. The second kappa shape index (κ2) is 5.98. The molecule has 1 rings (SSSR count). The van der Waals surface area contributed by atoms with Crippen LogP contribution in [0.2, 0.25) is 0 Å². The van der Waals surface area contributed by atoms with Gasteiger partial charge in [0, 0.05) is 37.6 Å². The molecule has 0 aromatic carbocycles. The SMILES string of the molecule is COCCN(Cc1cnc[nH]1)C(C)(C)CO. The summed E-state index contributed by atoms with van der Waals surface area (Å²) in [5.41, 5.74) is 0.779. The predicted molar refractivity (Wildman–Crippen MR) is 62.0 cm³/mol. The number of aliphatic hydroxyl groups excluding tert-OH is 1. The summed E-state index contributed by atoms with van der Waals surface area (Å²) < 4.78 is 5.08. The van der Waals surface area contributed by atoms with Crippen LogP contribution in [0.25, 0.3) is 0 Å². The summed E-state index contributed by atoms with van der Waals surface area (Å²) in [4.78, 5) is 9.22. The maximum atomic E-state index is 9.38. The van der Waals surface area contributed by atoms with Crippen molar-refractivity contribution in [1.29, 1.82) is 0 Å². The van der Waals surface area contributed by atoms with Crippen molar-refractivity contribution in [2.75, 3.05) is 26.9 Å². The number of methoxy groups -OCH3 is 1. The zero-order chi connectivity index (χ0) is 12.0. The number of aromatic nitrogens is 2. The summed E-state index contributed by atoms with van der Waals surface area (Å²) in [6.07, 6.45) is 3.46. The minimum absolute atomic E-state index is 0.116. The Balaban J connectivity index is 2.63. The maximum Gasteiger partial charge on any atom is 0.0922 e. The fourth-order valence-electron chi connectivity index (χ4n) is 1.47. The summed E-state index contributed by atoms with van der Waals surface area (Å²) in [6.45, 7) is 6.31. The Bertz CT molecular complexity index is 285. The van der Waals surface area contributed by atoms with Gasteiger partial charge in [-0.15, -0.1) is 0 Å². The number of hydrogen-bond donors (Lipinski definition) is 2. The first-order chi connectivity index (χ1) is 7.60. The van der Waals surface area contributed by atoms with Crippen molar-refractivity contribution < 1.29 is 9.84 Å². The van der Waals surface area contributed by atoms with Gasteiger partial charge in [0.15, 0.2) is 0 Å². The molecule has 2 N–H and O–H groups in total. The number of ether oxygens (including phenoxy) is 1. The van der Waals surface area contributed by atoms with E-state index in [4.69, 9.17) is 4.74 Å². The molecule has 16 heavy (non-hydrogen) atoms. The van der Waals surface area contributed by atoms with E-state index in [1.54, 1.807) is 19.6 Å². The lowest BCUT2D eigenvalue weighted by molar-refractivity contribution is 0.0291. The minimum Gasteiger partial charge on any atom is -0.394 e. The number of aliphatic hydroxyl groups is 1. The van der Waals surface area contributed by atoms with Crippen molar-refractivity contribution in [3.05, 3.63) is 18.2 Å². The molecule has 5 heteroatoms. The Morgan fingerprint density at radius 2 is 2.31 bits per heavy atom. The predicted octanol–water partition coefficient (Wildman–Crippen LogP) is 0.629. The minimum atomic E-state index is -0.260. The molecule has 0 aliphatic rings. The molecule has 0 bridgehead atoms. The summed E-state index contributed by atoms with van der Waals surface area (Å²) in [6, 6.07) is 0. The third kappa shape index (κ3) is 3.59. The zero-order valence-corrected chi connectivity index (χ0v) is 10.2. The van der Waals surface area contributed by atoms with E-state index in [-0.39, 0.29) is 12.1 Å². The average Bonchev–Trinajstić information content (AvgIpc) is 2.76. The zero-order valence-electron chi connectivity index (χ0n) is 10.2. The normalized spacial score (nSPS) is 12.3. The molecular formula is C11H21N3O2. The molecule has 1 aromatic heterocycles. The molecule has 1 aromatic rings. The first-order valence-corrected chi connectivity index (χ1v) is 5.42. The van der Waals surface area contributed by atoms with Crippen LogP contribution < -0.4 is 0 Å². The molecule has 0 fully saturated rings. The van der Waals surface area contributed by atoms with Crippen LogP contribution in [0.15, 0.2) is 12.5 Å². The van der Waals surface area contributed by atoms with Gasteiger partial charge in [-0.2, -0.15) is 0 Å². The van der Waals surface area contributed by atoms with E-state index in [1.807, 2.05) is 13.8 Å². The first-order valence-electron chi connectivity index (χ1n) is 5.42. The number of nitrogens with one attached hydrogen (secondary N) is 1. The van der Waals surface area contributed by atoms with Crippen molar-refractivity contribution in [2.24, 2.45) is 0 Å². The molecule has 0 saturated carbocycles. The lowest BCUT2D eigenvalue weighted by atomic mass is 10.0. The smallest absolute Gasteiger partial charge is 0.0922 e. The van der Waals surface area contributed by atoms with Crippen LogP contribution in [0.5, 0.6) is 0 Å². The highest BCUT2D eigenvalue weighted by atomic mass is 16.5. The summed E-state index contributed by atoms with van der Waals surface area (Å²) >= 11 is 0. The topological polar surface area (TPSA) is 61.4 Å². The van der Waals surface area contributed by atoms with E-state index in [9.17, 15) is 5.11 Å². The molecule has 0 radical (unpaired) electrons. The molecule has 0 atom stereocenters. The van der Waals surface area contributed by atoms with Gasteiger partial charge in [-0.25, -0.2) is 4.98 Å². The first kappa shape index (κ1) is 13.2. The van der Waals surface area contributed by atoms with Gasteiger partial charge in [0.05, 0.1) is 19.5 Å². The second-order valence-corrected chi connectivity index (χ2v) is 4.46. The van der Waals surface area contributed by atoms with Gasteiger partial charge < -0.3 is 14.8 Å². The van der Waals surface area contributed by atoms with Gasteiger partial charge >= 0.3 is 0 Å². The van der Waals surface area contributed by atoms with E-state index in [0.29, 0.717) is 6.61 Å². The Hall–Kier alpha value is -0.910. The van der Waals surface area contributed by atoms with Gasteiger partial charge in [0.25, 0.3) is 0 Å². The van der Waals surface area contributed by atoms with Crippen molar-refractivity contribution in [1.82, 2.24) is 14.9 Å². The van der Waals surface area contributed by atoms with Crippen LogP contribution in [0.3, 0.4) is 0 Å². The monoisotopic (exact) mass is 227 g/mol. The highest BCUT2D eigenvalue weighted by Gasteiger charge is 2.25. The highest BCUT2D eigenvalue weighted by Crippen LogP contribution is 2.16. The van der Waals surface area contributed by atoms with Crippen LogP contribution in [0.1, 0.15) is 19.5 Å². The average molecular weight is 227 g/mol. The molecule has 92 valence electrons. The van der Waals surface area contributed by atoms with Crippen molar-refractivity contribution in [3.63, 3.8) is 0 Å². The third-order valence-electron chi connectivity index (χ3n) is 2.72. The Kier molecular flexibility index (Phi) is 4.92. The molecule has 0 saturated heterocycles. The van der Waals surface area contributed by atoms with Gasteiger partial charge in [0.2, 0.25) is 0 Å². The van der Waals surface area contributed by atoms with E-state index < -0.39 is 0 Å². The van der Waals surface area contributed by atoms with Gasteiger partial charge in [-0.3, -0.25) is 4.90 Å². The van der Waals surface area contributed by atoms with Gasteiger partial charge in [-0.1, -0.05) is 0 Å². The number of hydrogen-bond acceptors (Lipinski definition) is 4. The number of imidazole rings is 1. The van der Waals surface area contributed by atoms with Crippen molar-refractivity contribution in [3.8, 4) is 0 Å². The largest absolute Gasteiger partial charge is 0.394 e. The Morgan fingerprint density at radius 3 is 2.81 bits per heavy atom. The standard InChI is InChI=1S/C11H21N3O2/c1-11(2,8-15)14(4-5-16-3)7-10-6-12-9-13-10/h6,9,15H,4-5,7-8H2,1-3H3,(H,12,13). The molecule has 0 aliphatic heterocycles. The van der Waals surface area contributed by atoms with E-state index in [2.05, 4.69) is 14.9 Å². The molecule has 0 unspecified atom stereocenters. The number of H-pyrrole nitrogens is 1. The van der Waals surface area contributed by atoms with E-state index in [1.165, 1.54) is 0 Å². The molecule has 0 aliphatic carbocycles. The fraction of sp³-hybridized carbons (Fsp3) is 0.727. The van der Waals surface area contributed by atoms with Crippen molar-refractivity contribution in [2.45, 2.75) is 25.9 Å². The Labute approximate surface area is 96.4 Å². The van der Waals surface area contributed by atoms with Gasteiger partial charge in [-0.05, 0) is 13.8 Å².